The van der Waals surface area contributed by atoms with Crippen LogP contribution in [-0.4, -0.2) is 34.0 Å². The summed E-state index contributed by atoms with van der Waals surface area (Å²) >= 11 is 13.4. The van der Waals surface area contributed by atoms with E-state index in [0.717, 1.165) is 5.56 Å². The maximum Gasteiger partial charge on any atom is 0.353 e. The second-order valence-corrected chi connectivity index (χ2v) is 9.20. The molecule has 0 amide bonds. The number of nitrogens with zero attached hydrogens (tertiary/aromatic N) is 2. The molecule has 2 aromatic carbocycles. The molecule has 0 atom stereocenters. The van der Waals surface area contributed by atoms with Gasteiger partial charge in [-0.15, -0.1) is 11.8 Å². The van der Waals surface area contributed by atoms with Crippen molar-refractivity contribution in [3.05, 3.63) is 74.8 Å². The molecule has 3 aromatic rings. The van der Waals surface area contributed by atoms with Gasteiger partial charge in [-0.05, 0) is 49.7 Å². The summed E-state index contributed by atoms with van der Waals surface area (Å²) in [6, 6.07) is 12.3. The Balaban J connectivity index is 1.76. The number of aromatic nitrogens is 2. The highest BCUT2D eigenvalue weighted by Gasteiger charge is 2.16. The van der Waals surface area contributed by atoms with Crippen LogP contribution in [0.15, 0.2) is 58.5 Å². The molecule has 164 valence electrons. The van der Waals surface area contributed by atoms with E-state index in [0.29, 0.717) is 38.0 Å². The Morgan fingerprint density at radius 3 is 2.52 bits per heavy atom. The molecule has 0 saturated carbocycles. The highest BCUT2D eigenvalue weighted by Crippen LogP contribution is 2.30. The molecule has 0 aliphatic rings. The highest BCUT2D eigenvalue weighted by molar-refractivity contribution is 7.98. The quantitative estimate of drug-likeness (QED) is 0.361. The molecule has 0 aliphatic heterocycles. The van der Waals surface area contributed by atoms with Crippen molar-refractivity contribution in [3.8, 4) is 17.2 Å². The van der Waals surface area contributed by atoms with Crippen LogP contribution in [0.25, 0.3) is 5.69 Å². The van der Waals surface area contributed by atoms with Crippen molar-refractivity contribution in [1.29, 1.82) is 0 Å². The first kappa shape index (κ1) is 23.5. The molecule has 1 aromatic heterocycles. The number of halogens is 2. The van der Waals surface area contributed by atoms with Gasteiger partial charge in [0.05, 0.1) is 28.4 Å². The number of methoxy groups -OCH3 is 1. The van der Waals surface area contributed by atoms with E-state index in [9.17, 15) is 9.90 Å². The molecule has 6 nitrogen and oxygen atoms in total. The SMILES string of the molecule is COc1cc(-n2ccc(SCc3ccc(Cl)c(Cl)c3)nc2=O)ccc1OCC(C)(C)O. The van der Waals surface area contributed by atoms with Gasteiger partial charge in [0.1, 0.15) is 11.6 Å². The third kappa shape index (κ3) is 6.40. The lowest BCUT2D eigenvalue weighted by Gasteiger charge is -2.19. The standard InChI is InChI=1S/C22H22Cl2N2O4S/c1-22(2,28)13-30-18-7-5-15(11-19(18)29-3)26-9-8-20(25-21(26)27)31-12-14-4-6-16(23)17(24)10-14/h4-11,28H,12-13H2,1-3H3. The van der Waals surface area contributed by atoms with E-state index in [4.69, 9.17) is 32.7 Å². The van der Waals surface area contributed by atoms with E-state index in [2.05, 4.69) is 4.98 Å². The van der Waals surface area contributed by atoms with Gasteiger partial charge in [-0.3, -0.25) is 4.57 Å². The maximum atomic E-state index is 12.6. The van der Waals surface area contributed by atoms with Crippen molar-refractivity contribution >= 4 is 35.0 Å². The molecule has 1 N–H and O–H groups in total. The highest BCUT2D eigenvalue weighted by atomic mass is 35.5. The van der Waals surface area contributed by atoms with Gasteiger partial charge in [0, 0.05) is 18.0 Å². The van der Waals surface area contributed by atoms with Gasteiger partial charge in [-0.25, -0.2) is 4.79 Å². The minimum Gasteiger partial charge on any atom is -0.493 e. The first-order valence-corrected chi connectivity index (χ1v) is 11.1. The summed E-state index contributed by atoms with van der Waals surface area (Å²) in [5.74, 6) is 1.53. The lowest BCUT2D eigenvalue weighted by molar-refractivity contribution is 0.0276. The molecule has 9 heteroatoms. The zero-order chi connectivity index (χ0) is 22.6. The molecule has 0 radical (unpaired) electrons. The van der Waals surface area contributed by atoms with Crippen molar-refractivity contribution in [2.75, 3.05) is 13.7 Å². The normalized spacial score (nSPS) is 11.4. The average molecular weight is 481 g/mol. The topological polar surface area (TPSA) is 73.6 Å². The Morgan fingerprint density at radius 2 is 1.87 bits per heavy atom. The minimum atomic E-state index is -0.977. The molecule has 0 bridgehead atoms. The second-order valence-electron chi connectivity index (χ2n) is 7.39. The Kier molecular flexibility index (Phi) is 7.54. The van der Waals surface area contributed by atoms with E-state index in [1.807, 2.05) is 6.07 Å². The zero-order valence-electron chi connectivity index (χ0n) is 17.3. The van der Waals surface area contributed by atoms with Crippen LogP contribution in [0, 0.1) is 0 Å². The summed E-state index contributed by atoms with van der Waals surface area (Å²) < 4.78 is 12.4. The van der Waals surface area contributed by atoms with Gasteiger partial charge in [-0.1, -0.05) is 29.3 Å². The lowest BCUT2D eigenvalue weighted by atomic mass is 10.2. The first-order valence-electron chi connectivity index (χ1n) is 9.36. The van der Waals surface area contributed by atoms with Crippen LogP contribution in [0.1, 0.15) is 19.4 Å². The molecule has 0 aliphatic carbocycles. The van der Waals surface area contributed by atoms with E-state index in [1.54, 1.807) is 56.4 Å². The Hall–Kier alpha value is -2.19. The monoisotopic (exact) mass is 480 g/mol. The molecule has 0 saturated heterocycles. The van der Waals surface area contributed by atoms with Crippen molar-refractivity contribution < 1.29 is 14.6 Å². The van der Waals surface area contributed by atoms with Crippen LogP contribution in [0.2, 0.25) is 10.0 Å². The molecule has 3 rings (SSSR count). The fourth-order valence-electron chi connectivity index (χ4n) is 2.63. The predicted octanol–water partition coefficient (Wildman–Crippen LogP) is 4.99. The van der Waals surface area contributed by atoms with Crippen molar-refractivity contribution in [2.45, 2.75) is 30.2 Å². The fraction of sp³-hybridized carbons (Fsp3) is 0.273. The number of ether oxygens (including phenoxy) is 2. The van der Waals surface area contributed by atoms with E-state index in [1.165, 1.54) is 23.4 Å². The molecule has 0 spiro atoms. The van der Waals surface area contributed by atoms with Gasteiger partial charge in [0.15, 0.2) is 11.5 Å². The summed E-state index contributed by atoms with van der Waals surface area (Å²) in [6.07, 6.45) is 1.67. The largest absolute Gasteiger partial charge is 0.493 e. The van der Waals surface area contributed by atoms with Crippen LogP contribution in [0.4, 0.5) is 0 Å². The third-order valence-electron chi connectivity index (χ3n) is 4.16. The number of hydrogen-bond acceptors (Lipinski definition) is 6. The van der Waals surface area contributed by atoms with Gasteiger partial charge < -0.3 is 14.6 Å². The van der Waals surface area contributed by atoms with Crippen LogP contribution < -0.4 is 15.2 Å². The van der Waals surface area contributed by atoms with Gasteiger partial charge >= 0.3 is 5.69 Å². The summed E-state index contributed by atoms with van der Waals surface area (Å²) in [7, 11) is 1.51. The number of aliphatic hydroxyl groups is 1. The Labute approximate surface area is 194 Å². The minimum absolute atomic E-state index is 0.106. The van der Waals surface area contributed by atoms with Crippen LogP contribution in [0.3, 0.4) is 0 Å². The van der Waals surface area contributed by atoms with Crippen LogP contribution >= 0.6 is 35.0 Å². The van der Waals surface area contributed by atoms with E-state index >= 15 is 0 Å². The van der Waals surface area contributed by atoms with Gasteiger partial charge in [0.2, 0.25) is 0 Å². The summed E-state index contributed by atoms with van der Waals surface area (Å²) in [5.41, 5.74) is 0.184. The number of rotatable bonds is 8. The number of thioether (sulfide) groups is 1. The second kappa shape index (κ2) is 9.96. The van der Waals surface area contributed by atoms with E-state index in [-0.39, 0.29) is 6.61 Å². The zero-order valence-corrected chi connectivity index (χ0v) is 19.6. The predicted molar refractivity (Wildman–Crippen MR) is 124 cm³/mol. The van der Waals surface area contributed by atoms with Crippen LogP contribution in [0.5, 0.6) is 11.5 Å². The van der Waals surface area contributed by atoms with Gasteiger partial charge in [0.25, 0.3) is 0 Å². The number of hydrogen-bond donors (Lipinski definition) is 1. The fourth-order valence-corrected chi connectivity index (χ4v) is 3.75. The number of benzene rings is 2. The summed E-state index contributed by atoms with van der Waals surface area (Å²) in [6.45, 7) is 3.41. The van der Waals surface area contributed by atoms with Crippen molar-refractivity contribution in [3.63, 3.8) is 0 Å². The van der Waals surface area contributed by atoms with Crippen LogP contribution in [-0.2, 0) is 5.75 Å². The Morgan fingerprint density at radius 1 is 1.10 bits per heavy atom. The average Bonchev–Trinajstić information content (AvgIpc) is 2.72. The molecule has 31 heavy (non-hydrogen) atoms. The molecular weight excluding hydrogens is 459 g/mol. The van der Waals surface area contributed by atoms with Crippen molar-refractivity contribution in [1.82, 2.24) is 9.55 Å². The van der Waals surface area contributed by atoms with Crippen molar-refractivity contribution in [2.24, 2.45) is 0 Å². The molecule has 1 heterocycles. The smallest absolute Gasteiger partial charge is 0.353 e. The first-order chi connectivity index (χ1) is 14.7. The van der Waals surface area contributed by atoms with E-state index < -0.39 is 11.3 Å². The lowest BCUT2D eigenvalue weighted by Crippen LogP contribution is -2.28. The molecule has 0 unspecified atom stereocenters. The summed E-state index contributed by atoms with van der Waals surface area (Å²) in [4.78, 5) is 16.7. The third-order valence-corrected chi connectivity index (χ3v) is 5.89. The summed E-state index contributed by atoms with van der Waals surface area (Å²) in [5, 5.41) is 11.4. The maximum absolute atomic E-state index is 12.6. The molecule has 0 fully saturated rings. The Bertz CT molecular complexity index is 1130. The molecular formula is C22H22Cl2N2O4S. The van der Waals surface area contributed by atoms with Gasteiger partial charge in [-0.2, -0.15) is 4.98 Å².